The fourth-order valence-electron chi connectivity index (χ4n) is 5.47. The summed E-state index contributed by atoms with van der Waals surface area (Å²) in [6.07, 6.45) is 0.782. The first-order valence-electron chi connectivity index (χ1n) is 16.0. The first-order chi connectivity index (χ1) is 23.4. The molecule has 11 heteroatoms. The third-order valence-corrected chi connectivity index (χ3v) is 7.86. The fourth-order valence-corrected chi connectivity index (χ4v) is 5.47. The molecule has 4 N–H and O–H groups in total. The van der Waals surface area contributed by atoms with Gasteiger partial charge in [0.05, 0.1) is 35.7 Å². The number of amides is 3. The minimum atomic E-state index is -1.06. The Balaban J connectivity index is 1.29. The van der Waals surface area contributed by atoms with Gasteiger partial charge in [0, 0.05) is 18.7 Å². The topological polar surface area (TPSA) is 148 Å². The van der Waals surface area contributed by atoms with E-state index in [0.29, 0.717) is 31.6 Å². The summed E-state index contributed by atoms with van der Waals surface area (Å²) >= 11 is 0. The number of nitrogens with zero attached hydrogens (tertiary/aromatic N) is 1. The second kappa shape index (κ2) is 17.6. The highest BCUT2D eigenvalue weighted by molar-refractivity contribution is 6.02. The van der Waals surface area contributed by atoms with E-state index in [1.54, 1.807) is 48.7 Å². The van der Waals surface area contributed by atoms with Crippen LogP contribution >= 0.6 is 0 Å². The van der Waals surface area contributed by atoms with Gasteiger partial charge in [-0.3, -0.25) is 15.1 Å². The van der Waals surface area contributed by atoms with Crippen molar-refractivity contribution in [3.05, 3.63) is 132 Å². The molecule has 48 heavy (non-hydrogen) atoms. The molecule has 0 bridgehead atoms. The van der Waals surface area contributed by atoms with E-state index in [4.69, 9.17) is 14.2 Å². The number of ether oxygens (including phenoxy) is 3. The lowest BCUT2D eigenvalue weighted by atomic mass is 9.93. The Kier molecular flexibility index (Phi) is 12.5. The Morgan fingerprint density at radius 1 is 0.833 bits per heavy atom. The Morgan fingerprint density at radius 3 is 2.21 bits per heavy atom. The van der Waals surface area contributed by atoms with Crippen molar-refractivity contribution in [1.29, 1.82) is 0 Å². The van der Waals surface area contributed by atoms with E-state index in [1.165, 1.54) is 0 Å². The van der Waals surface area contributed by atoms with Gasteiger partial charge < -0.3 is 30.0 Å². The van der Waals surface area contributed by atoms with Gasteiger partial charge in [-0.15, -0.1) is 0 Å². The third-order valence-electron chi connectivity index (χ3n) is 7.86. The van der Waals surface area contributed by atoms with Gasteiger partial charge in [0.1, 0.15) is 6.61 Å². The zero-order valence-corrected chi connectivity index (χ0v) is 26.5. The summed E-state index contributed by atoms with van der Waals surface area (Å²) in [7, 11) is 0. The van der Waals surface area contributed by atoms with E-state index in [1.807, 2.05) is 60.7 Å². The van der Waals surface area contributed by atoms with Crippen LogP contribution in [0.25, 0.3) is 0 Å². The van der Waals surface area contributed by atoms with Gasteiger partial charge in [0.15, 0.2) is 0 Å². The molecular weight excluding hydrogens is 612 g/mol. The number of rotatable bonds is 14. The summed E-state index contributed by atoms with van der Waals surface area (Å²) in [5, 5.41) is 20.1. The molecule has 11 nitrogen and oxygen atoms in total. The van der Waals surface area contributed by atoms with Crippen LogP contribution in [0.1, 0.15) is 46.4 Å². The molecule has 1 saturated heterocycles. The molecule has 3 aromatic carbocycles. The number of carbonyl (C=O) groups excluding carboxylic acids is 3. The number of benzene rings is 3. The van der Waals surface area contributed by atoms with Crippen LogP contribution in [-0.2, 0) is 33.7 Å². The van der Waals surface area contributed by atoms with Crippen molar-refractivity contribution in [2.45, 2.75) is 63.2 Å². The molecule has 4 unspecified atom stereocenters. The number of carbonyl (C=O) groups is 3. The quantitative estimate of drug-likeness (QED) is 0.142. The van der Waals surface area contributed by atoms with Gasteiger partial charge in [0.2, 0.25) is 6.29 Å². The lowest BCUT2D eigenvalue weighted by molar-refractivity contribution is -0.0698. The molecule has 250 valence electrons. The summed E-state index contributed by atoms with van der Waals surface area (Å²) in [5.41, 5.74) is 2.93. The van der Waals surface area contributed by atoms with E-state index in [2.05, 4.69) is 20.9 Å². The second-order valence-electron chi connectivity index (χ2n) is 11.5. The number of nitrogens with one attached hydrogen (secondary N) is 3. The number of para-hydroxylation sites is 1. The number of aliphatic hydroxyl groups excluding tert-OH is 1. The van der Waals surface area contributed by atoms with Crippen LogP contribution in [0.4, 0.5) is 15.3 Å². The Hall–Kier alpha value is -5.26. The maximum Gasteiger partial charge on any atom is 0.412 e. The molecule has 0 radical (unpaired) electrons. The van der Waals surface area contributed by atoms with E-state index in [9.17, 15) is 19.5 Å². The lowest BCUT2D eigenvalue weighted by Gasteiger charge is -2.29. The van der Waals surface area contributed by atoms with Crippen molar-refractivity contribution in [3.8, 4) is 0 Å². The van der Waals surface area contributed by atoms with Crippen molar-refractivity contribution in [1.82, 2.24) is 15.6 Å². The number of alkyl carbamates (subject to hydrolysis) is 1. The van der Waals surface area contributed by atoms with E-state index >= 15 is 0 Å². The smallest absolute Gasteiger partial charge is 0.412 e. The van der Waals surface area contributed by atoms with Gasteiger partial charge in [0.25, 0.3) is 5.91 Å². The highest BCUT2D eigenvalue weighted by Gasteiger charge is 2.29. The van der Waals surface area contributed by atoms with Crippen LogP contribution in [0.15, 0.2) is 109 Å². The largest absolute Gasteiger partial charge is 0.443 e. The molecule has 3 amide bonds. The summed E-state index contributed by atoms with van der Waals surface area (Å²) in [5.74, 6) is -0.450. The summed E-state index contributed by atoms with van der Waals surface area (Å²) in [6.45, 7) is 0.497. The zero-order valence-electron chi connectivity index (χ0n) is 26.5. The average Bonchev–Trinajstić information content (AvgIpc) is 3.61. The van der Waals surface area contributed by atoms with Crippen molar-refractivity contribution in [2.75, 3.05) is 11.9 Å². The number of aliphatic hydroxyl groups is 1. The normalized spacial score (nSPS) is 15.8. The van der Waals surface area contributed by atoms with Gasteiger partial charge in [-0.1, -0.05) is 78.9 Å². The van der Waals surface area contributed by atoms with Gasteiger partial charge >= 0.3 is 12.2 Å². The Bertz CT molecular complexity index is 1600. The van der Waals surface area contributed by atoms with Crippen molar-refractivity contribution >= 4 is 23.8 Å². The first kappa shape index (κ1) is 34.1. The summed E-state index contributed by atoms with van der Waals surface area (Å²) in [6, 6.07) is 29.7. The minimum Gasteiger partial charge on any atom is -0.443 e. The maximum absolute atomic E-state index is 13.7. The van der Waals surface area contributed by atoms with Crippen molar-refractivity contribution in [2.24, 2.45) is 0 Å². The monoisotopic (exact) mass is 652 g/mol. The zero-order chi connectivity index (χ0) is 33.6. The van der Waals surface area contributed by atoms with Crippen molar-refractivity contribution < 1.29 is 33.7 Å². The Morgan fingerprint density at radius 2 is 1.52 bits per heavy atom. The van der Waals surface area contributed by atoms with Crippen LogP contribution in [-0.4, -0.2) is 59.3 Å². The number of anilines is 1. The molecule has 1 aliphatic rings. The van der Waals surface area contributed by atoms with Crippen LogP contribution in [0.3, 0.4) is 0 Å². The lowest BCUT2D eigenvalue weighted by Crippen LogP contribution is -2.49. The number of pyridine rings is 1. The van der Waals surface area contributed by atoms with E-state index < -0.39 is 42.6 Å². The maximum atomic E-state index is 13.7. The molecule has 4 atom stereocenters. The molecule has 0 saturated carbocycles. The predicted molar refractivity (Wildman–Crippen MR) is 179 cm³/mol. The molecule has 1 aliphatic heterocycles. The molecular formula is C37H40N4O7. The van der Waals surface area contributed by atoms with E-state index in [-0.39, 0.29) is 24.3 Å². The predicted octanol–water partition coefficient (Wildman–Crippen LogP) is 5.40. The third kappa shape index (κ3) is 10.6. The fraction of sp³-hybridized carbons (Fsp3) is 0.297. The molecule has 1 aromatic heterocycles. The van der Waals surface area contributed by atoms with Gasteiger partial charge in [-0.2, -0.15) is 0 Å². The van der Waals surface area contributed by atoms with Crippen LogP contribution < -0.4 is 16.0 Å². The second-order valence-corrected chi connectivity index (χ2v) is 11.5. The van der Waals surface area contributed by atoms with Crippen LogP contribution in [0.2, 0.25) is 0 Å². The van der Waals surface area contributed by atoms with Crippen molar-refractivity contribution in [3.63, 3.8) is 0 Å². The highest BCUT2D eigenvalue weighted by Crippen LogP contribution is 2.19. The highest BCUT2D eigenvalue weighted by atomic mass is 16.7. The summed E-state index contributed by atoms with van der Waals surface area (Å²) < 4.78 is 16.2. The van der Waals surface area contributed by atoms with E-state index in [0.717, 1.165) is 17.5 Å². The van der Waals surface area contributed by atoms with Gasteiger partial charge in [-0.25, -0.2) is 9.59 Å². The standard InChI is InChI=1S/C37H40N4O7/c42-33(32(23-27-14-5-2-6-15-27)41-37(45)48-34-19-11-21-46-34)24-29(22-26-12-3-1-4-13-26)39-35(43)30-17-7-8-18-31(30)40-36(44)47-25-28-16-9-10-20-38-28/h1-10,12-18,20,29,32-34,42H,11,19,21-25H2,(H,39,43)(H,40,44)(H,41,45). The average molecular weight is 653 g/mol. The van der Waals surface area contributed by atoms with Crippen LogP contribution in [0.5, 0.6) is 0 Å². The minimum absolute atomic E-state index is 0.0303. The SMILES string of the molecule is O=C(Nc1ccccc1C(=O)NC(Cc1ccccc1)CC(O)C(Cc1ccccc1)NC(=O)OC1CCCO1)OCc1ccccn1. The molecule has 0 spiro atoms. The van der Waals surface area contributed by atoms with Gasteiger partial charge in [-0.05, 0) is 61.1 Å². The summed E-state index contributed by atoms with van der Waals surface area (Å²) in [4.78, 5) is 43.4. The molecule has 0 aliphatic carbocycles. The molecule has 5 rings (SSSR count). The number of aromatic nitrogens is 1. The number of hydrogen-bond acceptors (Lipinski definition) is 8. The molecule has 1 fully saturated rings. The Labute approximate surface area is 279 Å². The first-order valence-corrected chi connectivity index (χ1v) is 16.0. The number of hydrogen-bond donors (Lipinski definition) is 4. The molecule has 4 aromatic rings. The molecule has 2 heterocycles. The van der Waals surface area contributed by atoms with Crippen LogP contribution in [0, 0.1) is 0 Å².